The summed E-state index contributed by atoms with van der Waals surface area (Å²) in [6, 6.07) is 11.8. The summed E-state index contributed by atoms with van der Waals surface area (Å²) in [7, 11) is 0. The maximum atomic E-state index is 13.9. The Morgan fingerprint density at radius 2 is 1.84 bits per heavy atom. The third kappa shape index (κ3) is 4.71. The van der Waals surface area contributed by atoms with Crippen molar-refractivity contribution in [3.05, 3.63) is 60.2 Å². The molecule has 1 atom stereocenters. The van der Waals surface area contributed by atoms with Gasteiger partial charge in [0.25, 0.3) is 0 Å². The van der Waals surface area contributed by atoms with E-state index in [1.807, 2.05) is 4.90 Å². The Labute approximate surface area is 178 Å². The topological polar surface area (TPSA) is 110 Å². The van der Waals surface area contributed by atoms with Crippen LogP contribution < -0.4 is 21.7 Å². The molecule has 4 rings (SSSR count). The number of aromatic nitrogens is 2. The number of halogens is 2. The molecule has 1 amide bonds. The predicted molar refractivity (Wildman–Crippen MR) is 116 cm³/mol. The van der Waals surface area contributed by atoms with E-state index in [2.05, 4.69) is 15.3 Å². The highest BCUT2D eigenvalue weighted by Crippen LogP contribution is 2.28. The number of nitrogen functional groups attached to an aromatic ring is 2. The standard InChI is InChI=1S/C22H22F2N6O/c23-15-4-6-16(7-5-15)27-21(31)14-2-1-9-30(12-14)20-11-19(28-22(26)29-20)13-3-8-18(25)17(24)10-13/h3-8,10-11,14H,1-2,9,12,25H2,(H,27,31)(H2,26,28,29)/t14-/m0/s1. The molecule has 5 N–H and O–H groups in total. The van der Waals surface area contributed by atoms with E-state index in [-0.39, 0.29) is 29.3 Å². The highest BCUT2D eigenvalue weighted by Gasteiger charge is 2.27. The van der Waals surface area contributed by atoms with Crippen molar-refractivity contribution in [2.45, 2.75) is 12.8 Å². The summed E-state index contributed by atoms with van der Waals surface area (Å²) >= 11 is 0. The summed E-state index contributed by atoms with van der Waals surface area (Å²) in [6.07, 6.45) is 1.51. The first-order chi connectivity index (χ1) is 14.9. The number of nitrogens with two attached hydrogens (primary N) is 2. The largest absolute Gasteiger partial charge is 0.396 e. The first-order valence-electron chi connectivity index (χ1n) is 9.90. The molecule has 0 aliphatic carbocycles. The average Bonchev–Trinajstić information content (AvgIpc) is 2.77. The highest BCUT2D eigenvalue weighted by molar-refractivity contribution is 5.93. The maximum absolute atomic E-state index is 13.9. The van der Waals surface area contributed by atoms with E-state index in [0.29, 0.717) is 35.9 Å². The number of anilines is 4. The first kappa shape index (κ1) is 20.5. The van der Waals surface area contributed by atoms with Crippen molar-refractivity contribution in [1.82, 2.24) is 9.97 Å². The summed E-state index contributed by atoms with van der Waals surface area (Å²) < 4.78 is 27.0. The molecule has 0 spiro atoms. The molecule has 0 unspecified atom stereocenters. The van der Waals surface area contributed by atoms with E-state index in [4.69, 9.17) is 11.5 Å². The molecule has 0 saturated carbocycles. The fourth-order valence-corrected chi connectivity index (χ4v) is 3.63. The molecule has 1 aromatic heterocycles. The summed E-state index contributed by atoms with van der Waals surface area (Å²) in [6.45, 7) is 1.14. The number of benzene rings is 2. The third-order valence-corrected chi connectivity index (χ3v) is 5.25. The van der Waals surface area contributed by atoms with E-state index >= 15 is 0 Å². The second-order valence-corrected chi connectivity index (χ2v) is 7.49. The second-order valence-electron chi connectivity index (χ2n) is 7.49. The minimum atomic E-state index is -0.535. The van der Waals surface area contributed by atoms with Crippen LogP contribution in [0.1, 0.15) is 12.8 Å². The van der Waals surface area contributed by atoms with Crippen LogP contribution in [0.5, 0.6) is 0 Å². The second kappa shape index (κ2) is 8.55. The number of nitrogens with zero attached hydrogens (tertiary/aromatic N) is 3. The first-order valence-corrected chi connectivity index (χ1v) is 9.90. The van der Waals surface area contributed by atoms with Gasteiger partial charge in [-0.15, -0.1) is 0 Å². The van der Waals surface area contributed by atoms with Gasteiger partial charge in [0.1, 0.15) is 17.5 Å². The Kier molecular flexibility index (Phi) is 5.66. The Morgan fingerprint density at radius 1 is 1.06 bits per heavy atom. The van der Waals surface area contributed by atoms with Gasteiger partial charge in [0, 0.05) is 30.4 Å². The molecule has 0 radical (unpaired) electrons. The Bertz CT molecular complexity index is 1110. The van der Waals surface area contributed by atoms with Crippen LogP contribution in [-0.2, 0) is 4.79 Å². The molecular weight excluding hydrogens is 402 g/mol. The van der Waals surface area contributed by atoms with Crippen molar-refractivity contribution in [2.24, 2.45) is 5.92 Å². The molecule has 0 bridgehead atoms. The van der Waals surface area contributed by atoms with E-state index in [0.717, 1.165) is 12.8 Å². The summed E-state index contributed by atoms with van der Waals surface area (Å²) in [5, 5.41) is 2.83. The molecule has 7 nitrogen and oxygen atoms in total. The van der Waals surface area contributed by atoms with Crippen molar-refractivity contribution in [3.63, 3.8) is 0 Å². The van der Waals surface area contributed by atoms with Crippen LogP contribution in [-0.4, -0.2) is 29.0 Å². The molecule has 2 heterocycles. The zero-order valence-electron chi connectivity index (χ0n) is 16.7. The van der Waals surface area contributed by atoms with Gasteiger partial charge in [0.15, 0.2) is 0 Å². The SMILES string of the molecule is Nc1nc(-c2ccc(N)c(F)c2)cc(N2CCC[C@H](C(=O)Nc3ccc(F)cc3)C2)n1. The molecule has 31 heavy (non-hydrogen) atoms. The zero-order valence-corrected chi connectivity index (χ0v) is 16.7. The predicted octanol–water partition coefficient (Wildman–Crippen LogP) is 3.44. The Morgan fingerprint density at radius 3 is 2.58 bits per heavy atom. The lowest BCUT2D eigenvalue weighted by atomic mass is 9.97. The van der Waals surface area contributed by atoms with Gasteiger partial charge >= 0.3 is 0 Å². The average molecular weight is 424 g/mol. The molecule has 1 saturated heterocycles. The lowest BCUT2D eigenvalue weighted by molar-refractivity contribution is -0.120. The molecule has 2 aromatic carbocycles. The maximum Gasteiger partial charge on any atom is 0.229 e. The van der Waals surface area contributed by atoms with Gasteiger partial charge < -0.3 is 21.7 Å². The van der Waals surface area contributed by atoms with Crippen molar-refractivity contribution in [2.75, 3.05) is 34.8 Å². The van der Waals surface area contributed by atoms with Gasteiger partial charge in [-0.3, -0.25) is 4.79 Å². The van der Waals surface area contributed by atoms with Crippen molar-refractivity contribution < 1.29 is 13.6 Å². The summed E-state index contributed by atoms with van der Waals surface area (Å²) in [5.41, 5.74) is 13.1. The molecule has 3 aromatic rings. The zero-order chi connectivity index (χ0) is 22.0. The van der Waals surface area contributed by atoms with Gasteiger partial charge in [0.05, 0.1) is 17.3 Å². The quantitative estimate of drug-likeness (QED) is 0.554. The number of amides is 1. The summed E-state index contributed by atoms with van der Waals surface area (Å²) in [5.74, 6) is -0.681. The Balaban J connectivity index is 1.52. The molecule has 1 fully saturated rings. The molecule has 1 aliphatic rings. The normalized spacial score (nSPS) is 16.2. The summed E-state index contributed by atoms with van der Waals surface area (Å²) in [4.78, 5) is 23.2. The fraction of sp³-hybridized carbons (Fsp3) is 0.227. The van der Waals surface area contributed by atoms with Crippen LogP contribution in [0.3, 0.4) is 0 Å². The highest BCUT2D eigenvalue weighted by atomic mass is 19.1. The minimum Gasteiger partial charge on any atom is -0.396 e. The molecule has 1 aliphatic heterocycles. The van der Waals surface area contributed by atoms with Crippen LogP contribution in [0.25, 0.3) is 11.3 Å². The van der Waals surface area contributed by atoms with E-state index < -0.39 is 5.82 Å². The molecule has 9 heteroatoms. The van der Waals surface area contributed by atoms with Crippen LogP contribution in [0.2, 0.25) is 0 Å². The van der Waals surface area contributed by atoms with Gasteiger partial charge in [-0.2, -0.15) is 4.98 Å². The number of nitrogens with one attached hydrogen (secondary N) is 1. The Hall–Kier alpha value is -3.75. The van der Waals surface area contributed by atoms with E-state index in [9.17, 15) is 13.6 Å². The smallest absolute Gasteiger partial charge is 0.229 e. The third-order valence-electron chi connectivity index (χ3n) is 5.25. The number of hydrogen-bond acceptors (Lipinski definition) is 6. The monoisotopic (exact) mass is 424 g/mol. The minimum absolute atomic E-state index is 0.0528. The van der Waals surface area contributed by atoms with Crippen molar-refractivity contribution >= 4 is 29.0 Å². The van der Waals surface area contributed by atoms with Crippen LogP contribution in [0, 0.1) is 17.6 Å². The molecule has 160 valence electrons. The van der Waals surface area contributed by atoms with Crippen LogP contribution >= 0.6 is 0 Å². The van der Waals surface area contributed by atoms with E-state index in [1.54, 1.807) is 12.1 Å². The number of rotatable bonds is 4. The van der Waals surface area contributed by atoms with Crippen LogP contribution in [0.4, 0.5) is 31.9 Å². The lowest BCUT2D eigenvalue weighted by Gasteiger charge is -2.33. The van der Waals surface area contributed by atoms with Gasteiger partial charge in [-0.05, 0) is 49.2 Å². The van der Waals surface area contributed by atoms with Crippen molar-refractivity contribution in [1.29, 1.82) is 0 Å². The van der Waals surface area contributed by atoms with Crippen LogP contribution in [0.15, 0.2) is 48.5 Å². The lowest BCUT2D eigenvalue weighted by Crippen LogP contribution is -2.41. The van der Waals surface area contributed by atoms with Crippen molar-refractivity contribution in [3.8, 4) is 11.3 Å². The van der Waals surface area contributed by atoms with Gasteiger partial charge in [0.2, 0.25) is 11.9 Å². The number of hydrogen-bond donors (Lipinski definition) is 3. The van der Waals surface area contributed by atoms with Gasteiger partial charge in [-0.25, -0.2) is 13.8 Å². The number of carbonyl (C=O) groups excluding carboxylic acids is 1. The van der Waals surface area contributed by atoms with Gasteiger partial charge in [-0.1, -0.05) is 6.07 Å². The fourth-order valence-electron chi connectivity index (χ4n) is 3.63. The number of piperidine rings is 1. The van der Waals surface area contributed by atoms with E-state index in [1.165, 1.54) is 36.4 Å². The number of carbonyl (C=O) groups is 1. The molecular formula is C22H22F2N6O.